The van der Waals surface area contributed by atoms with Crippen LogP contribution in [0.2, 0.25) is 0 Å². The van der Waals surface area contributed by atoms with E-state index in [9.17, 15) is 9.70 Å². The normalized spacial score (nSPS) is 12.9. The Morgan fingerprint density at radius 2 is 2.06 bits per heavy atom. The van der Waals surface area contributed by atoms with Crippen molar-refractivity contribution in [2.24, 2.45) is 10.6 Å². The number of nitroso groups, excluding NO2 is 1. The number of aryl methyl sites for hydroxylation is 1. The van der Waals surface area contributed by atoms with Gasteiger partial charge in [-0.3, -0.25) is 4.79 Å². The Morgan fingerprint density at radius 3 is 2.50 bits per heavy atom. The topological polar surface area (TPSA) is 71.4 Å². The minimum atomic E-state index is -0.409. The summed E-state index contributed by atoms with van der Waals surface area (Å²) in [7, 11) is 0. The van der Waals surface area contributed by atoms with Crippen LogP contribution < -0.4 is 5.32 Å². The number of carbonyl (C=O) groups is 1. The maximum Gasteiger partial charge on any atom is 0.156 e. The summed E-state index contributed by atoms with van der Waals surface area (Å²) in [5, 5.41) is 5.95. The van der Waals surface area contributed by atoms with Crippen molar-refractivity contribution in [1.82, 2.24) is 4.98 Å². The molecule has 0 aliphatic rings. The smallest absolute Gasteiger partial charge is 0.156 e. The van der Waals surface area contributed by atoms with E-state index in [2.05, 4.69) is 15.5 Å². The summed E-state index contributed by atoms with van der Waals surface area (Å²) in [5.41, 5.74) is 0.814. The largest absolute Gasteiger partial charge is 0.358 e. The molecular formula is C13H19N3O2. The molecule has 0 spiro atoms. The van der Waals surface area contributed by atoms with Crippen LogP contribution >= 0.6 is 0 Å². The second kappa shape index (κ2) is 5.25. The van der Waals surface area contributed by atoms with Crippen molar-refractivity contribution in [1.29, 1.82) is 0 Å². The van der Waals surface area contributed by atoms with E-state index >= 15 is 0 Å². The summed E-state index contributed by atoms with van der Waals surface area (Å²) >= 11 is 0. The predicted octanol–water partition coefficient (Wildman–Crippen LogP) is 3.20. The number of carbonyl (C=O) groups excluding carboxylic acids is 1. The summed E-state index contributed by atoms with van der Waals surface area (Å²) < 4.78 is 0. The number of pyridine rings is 1. The number of aromatic nitrogens is 1. The van der Waals surface area contributed by atoms with Crippen molar-refractivity contribution in [3.05, 3.63) is 22.7 Å². The zero-order valence-electron chi connectivity index (χ0n) is 11.4. The first-order valence-corrected chi connectivity index (χ1v) is 5.82. The van der Waals surface area contributed by atoms with Gasteiger partial charge in [-0.05, 0) is 36.1 Å². The highest BCUT2D eigenvalue weighted by atomic mass is 16.3. The van der Waals surface area contributed by atoms with Crippen LogP contribution in [0, 0.1) is 17.2 Å². The fraction of sp³-hybridized carbons (Fsp3) is 0.538. The van der Waals surface area contributed by atoms with Crippen molar-refractivity contribution >= 4 is 17.3 Å². The van der Waals surface area contributed by atoms with Gasteiger partial charge in [-0.2, -0.15) is 0 Å². The molecule has 1 N–H and O–H groups in total. The van der Waals surface area contributed by atoms with E-state index in [1.807, 2.05) is 27.7 Å². The fourth-order valence-electron chi connectivity index (χ4n) is 1.80. The second-order valence-corrected chi connectivity index (χ2v) is 5.53. The Balaban J connectivity index is 3.09. The molecule has 1 aromatic heterocycles. The van der Waals surface area contributed by atoms with Gasteiger partial charge in [-0.25, -0.2) is 4.98 Å². The third-order valence-corrected chi connectivity index (χ3v) is 2.66. The van der Waals surface area contributed by atoms with Crippen LogP contribution in [0.4, 0.5) is 11.5 Å². The van der Waals surface area contributed by atoms with E-state index in [0.29, 0.717) is 5.82 Å². The van der Waals surface area contributed by atoms with E-state index in [-0.39, 0.29) is 16.9 Å². The van der Waals surface area contributed by atoms with Gasteiger partial charge >= 0.3 is 0 Å². The fourth-order valence-corrected chi connectivity index (χ4v) is 1.80. The van der Waals surface area contributed by atoms with Crippen LogP contribution in [0.15, 0.2) is 17.4 Å². The zero-order chi connectivity index (χ0) is 13.9. The van der Waals surface area contributed by atoms with E-state index < -0.39 is 6.04 Å². The van der Waals surface area contributed by atoms with Crippen molar-refractivity contribution in [3.63, 3.8) is 0 Å². The van der Waals surface area contributed by atoms with Gasteiger partial charge in [0.25, 0.3) is 0 Å². The molecule has 0 aliphatic heterocycles. The summed E-state index contributed by atoms with van der Waals surface area (Å²) in [5.74, 6) is 0.354. The van der Waals surface area contributed by atoms with Crippen LogP contribution in [-0.4, -0.2) is 16.8 Å². The first kappa shape index (κ1) is 14.3. The van der Waals surface area contributed by atoms with Crippen molar-refractivity contribution in [3.8, 4) is 0 Å². The maximum absolute atomic E-state index is 11.7. The first-order chi connectivity index (χ1) is 8.25. The molecule has 98 valence electrons. The van der Waals surface area contributed by atoms with Gasteiger partial charge < -0.3 is 5.32 Å². The average molecular weight is 249 g/mol. The molecule has 5 heteroatoms. The quantitative estimate of drug-likeness (QED) is 0.832. The molecule has 5 nitrogen and oxygen atoms in total. The van der Waals surface area contributed by atoms with Crippen LogP contribution in [0.25, 0.3) is 0 Å². The van der Waals surface area contributed by atoms with Gasteiger partial charge in [0.1, 0.15) is 0 Å². The van der Waals surface area contributed by atoms with Crippen molar-refractivity contribution in [2.75, 3.05) is 5.32 Å². The molecule has 18 heavy (non-hydrogen) atoms. The summed E-state index contributed by atoms with van der Waals surface area (Å²) in [4.78, 5) is 26.6. The van der Waals surface area contributed by atoms with Gasteiger partial charge in [0.15, 0.2) is 17.3 Å². The van der Waals surface area contributed by atoms with E-state index in [4.69, 9.17) is 0 Å². The number of ketones is 1. The minimum absolute atomic E-state index is 0.00160. The molecule has 1 unspecified atom stereocenters. The molecule has 0 saturated carbocycles. The van der Waals surface area contributed by atoms with Gasteiger partial charge in [0.2, 0.25) is 0 Å². The number of anilines is 1. The van der Waals surface area contributed by atoms with Crippen LogP contribution in [0.3, 0.4) is 0 Å². The number of rotatable bonds is 4. The zero-order valence-corrected chi connectivity index (χ0v) is 11.4. The van der Waals surface area contributed by atoms with Crippen molar-refractivity contribution in [2.45, 2.75) is 40.7 Å². The molecule has 0 aromatic carbocycles. The van der Waals surface area contributed by atoms with E-state index in [0.717, 1.165) is 5.56 Å². The lowest BCUT2D eigenvalue weighted by atomic mass is 9.84. The maximum atomic E-state index is 11.7. The Morgan fingerprint density at radius 1 is 1.44 bits per heavy atom. The van der Waals surface area contributed by atoms with Gasteiger partial charge in [0, 0.05) is 6.20 Å². The molecule has 1 rings (SSSR count). The number of hydrogen-bond donors (Lipinski definition) is 1. The lowest BCUT2D eigenvalue weighted by Gasteiger charge is -2.29. The molecule has 1 aromatic rings. The molecule has 0 bridgehead atoms. The Bertz CT molecular complexity index is 464. The predicted molar refractivity (Wildman–Crippen MR) is 72.0 cm³/mol. The van der Waals surface area contributed by atoms with E-state index in [1.165, 1.54) is 6.92 Å². The highest BCUT2D eigenvalue weighted by Crippen LogP contribution is 2.28. The Kier molecular flexibility index (Phi) is 4.16. The molecular weight excluding hydrogens is 230 g/mol. The molecule has 0 amide bonds. The first-order valence-electron chi connectivity index (χ1n) is 5.82. The number of Topliss-reactive ketones (excluding diaryl/α,β-unsaturated/α-hetero) is 1. The highest BCUT2D eigenvalue weighted by molar-refractivity contribution is 5.85. The second-order valence-electron chi connectivity index (χ2n) is 5.53. The molecule has 0 aliphatic carbocycles. The molecule has 1 heterocycles. The minimum Gasteiger partial charge on any atom is -0.358 e. The lowest BCUT2D eigenvalue weighted by molar-refractivity contribution is -0.119. The third-order valence-electron chi connectivity index (χ3n) is 2.66. The Hall–Kier alpha value is -1.78. The lowest BCUT2D eigenvalue weighted by Crippen LogP contribution is -2.40. The Labute approximate surface area is 107 Å². The number of nitrogens with zero attached hydrogens (tertiary/aromatic N) is 2. The van der Waals surface area contributed by atoms with Crippen LogP contribution in [0.5, 0.6) is 0 Å². The van der Waals surface area contributed by atoms with E-state index in [1.54, 1.807) is 12.3 Å². The number of hydrogen-bond acceptors (Lipinski definition) is 5. The SMILES string of the molecule is CC(=O)C(Nc1ncc(C)cc1N=O)C(C)(C)C. The highest BCUT2D eigenvalue weighted by Gasteiger charge is 2.29. The third kappa shape index (κ3) is 3.35. The molecule has 0 fully saturated rings. The van der Waals surface area contributed by atoms with Crippen LogP contribution in [-0.2, 0) is 4.79 Å². The van der Waals surface area contributed by atoms with Gasteiger partial charge in [-0.15, -0.1) is 4.91 Å². The van der Waals surface area contributed by atoms with Crippen molar-refractivity contribution < 1.29 is 4.79 Å². The van der Waals surface area contributed by atoms with Gasteiger partial charge in [0.05, 0.1) is 6.04 Å². The summed E-state index contributed by atoms with van der Waals surface area (Å²) in [6.45, 7) is 9.21. The summed E-state index contributed by atoms with van der Waals surface area (Å²) in [6, 6.07) is 1.23. The average Bonchev–Trinajstić information content (AvgIpc) is 2.24. The summed E-state index contributed by atoms with van der Waals surface area (Å²) in [6.07, 6.45) is 1.64. The standard InChI is InChI=1S/C13H19N3O2/c1-8-6-10(16-18)12(14-7-8)15-11(9(2)17)13(3,4)5/h6-7,11H,1-5H3,(H,14,15). The molecule has 1 atom stereocenters. The molecule has 0 saturated heterocycles. The number of nitrogens with one attached hydrogen (secondary N) is 1. The van der Waals surface area contributed by atoms with Crippen LogP contribution in [0.1, 0.15) is 33.3 Å². The molecule has 0 radical (unpaired) electrons. The monoisotopic (exact) mass is 249 g/mol. The van der Waals surface area contributed by atoms with Gasteiger partial charge in [-0.1, -0.05) is 20.8 Å².